The summed E-state index contributed by atoms with van der Waals surface area (Å²) in [5.41, 5.74) is 0.951. The second-order valence-corrected chi connectivity index (χ2v) is 6.42. The second-order valence-electron chi connectivity index (χ2n) is 5.56. The van der Waals surface area contributed by atoms with E-state index in [-0.39, 0.29) is 11.5 Å². The average Bonchev–Trinajstić information content (AvgIpc) is 2.91. The summed E-state index contributed by atoms with van der Waals surface area (Å²) in [5.74, 6) is -0.828. The molecule has 0 fully saturated rings. The minimum atomic E-state index is -2.57. The number of benzene rings is 1. The fourth-order valence-electron chi connectivity index (χ4n) is 2.26. The van der Waals surface area contributed by atoms with E-state index in [2.05, 4.69) is 20.9 Å². The highest BCUT2D eigenvalue weighted by Crippen LogP contribution is 2.31. The minimum Gasteiger partial charge on any atom is -0.486 e. The van der Waals surface area contributed by atoms with Crippen LogP contribution >= 0.6 is 15.9 Å². The number of carbonyl (C=O) groups excluding carboxylic acids is 1. The van der Waals surface area contributed by atoms with Crippen molar-refractivity contribution in [2.24, 2.45) is 5.92 Å². The van der Waals surface area contributed by atoms with Gasteiger partial charge in [0.2, 0.25) is 0 Å². The van der Waals surface area contributed by atoms with Gasteiger partial charge in [-0.2, -0.15) is 5.26 Å². The van der Waals surface area contributed by atoms with Crippen LogP contribution in [0.4, 0.5) is 8.78 Å². The van der Waals surface area contributed by atoms with Crippen molar-refractivity contribution < 1.29 is 18.3 Å². The number of hydrogen-bond donors (Lipinski definition) is 1. The second kappa shape index (κ2) is 7.73. The number of hydrogen-bond acceptors (Lipinski definition) is 4. The molecule has 128 valence electrons. The third kappa shape index (κ3) is 4.30. The quantitative estimate of drug-likeness (QED) is 0.723. The third-order valence-corrected chi connectivity index (χ3v) is 3.94. The van der Waals surface area contributed by atoms with E-state index in [9.17, 15) is 18.8 Å². The molecule has 0 saturated heterocycles. The van der Waals surface area contributed by atoms with Crippen LogP contribution in [-0.4, -0.2) is 49.3 Å². The topological polar surface area (TPSA) is 69.1 Å². The largest absolute Gasteiger partial charge is 0.486 e. The zero-order valence-electron chi connectivity index (χ0n) is 13.1. The number of H-pyrrole nitrogens is 1. The van der Waals surface area contributed by atoms with Crippen LogP contribution in [-0.2, 0) is 0 Å². The van der Waals surface area contributed by atoms with Crippen LogP contribution < -0.4 is 4.74 Å². The molecule has 0 saturated carbocycles. The summed E-state index contributed by atoms with van der Waals surface area (Å²) in [6.45, 7) is -0.392. The Morgan fingerprint density at radius 1 is 1.42 bits per heavy atom. The van der Waals surface area contributed by atoms with E-state index in [0.717, 1.165) is 0 Å². The van der Waals surface area contributed by atoms with Crippen LogP contribution in [0.5, 0.6) is 5.75 Å². The first-order valence-corrected chi connectivity index (χ1v) is 7.93. The van der Waals surface area contributed by atoms with Gasteiger partial charge in [0, 0.05) is 17.4 Å². The molecule has 0 amide bonds. The number of aromatic nitrogens is 1. The molecule has 0 aliphatic heterocycles. The fraction of sp³-hybridized carbons (Fsp3) is 0.375. The van der Waals surface area contributed by atoms with E-state index in [4.69, 9.17) is 4.74 Å². The fourth-order valence-corrected chi connectivity index (χ4v) is 2.72. The highest BCUT2D eigenvalue weighted by atomic mass is 79.9. The maximum atomic E-state index is 12.4. The van der Waals surface area contributed by atoms with E-state index >= 15 is 0 Å². The molecule has 2 aromatic rings. The number of nitriles is 1. The number of Topliss-reactive ketones (excluding diaryl/α,β-unsaturated/α-hetero) is 1. The van der Waals surface area contributed by atoms with Crippen LogP contribution in [0.25, 0.3) is 10.9 Å². The third-order valence-electron chi connectivity index (χ3n) is 3.32. The monoisotopic (exact) mass is 399 g/mol. The number of alkyl halides is 2. The molecule has 8 heteroatoms. The zero-order valence-corrected chi connectivity index (χ0v) is 14.7. The highest BCUT2D eigenvalue weighted by Gasteiger charge is 2.22. The smallest absolute Gasteiger partial charge is 0.272 e. The van der Waals surface area contributed by atoms with Gasteiger partial charge in [0.1, 0.15) is 18.3 Å². The van der Waals surface area contributed by atoms with Crippen molar-refractivity contribution in [1.29, 1.82) is 5.26 Å². The summed E-state index contributed by atoms with van der Waals surface area (Å²) < 4.78 is 30.1. The molecular formula is C16H16BrF2N3O2. The number of fused-ring (bicyclic) bond motifs is 1. The molecule has 5 nitrogen and oxygen atoms in total. The van der Waals surface area contributed by atoms with Crippen LogP contribution in [0.2, 0.25) is 0 Å². The van der Waals surface area contributed by atoms with Crippen LogP contribution in [0, 0.1) is 17.2 Å². The van der Waals surface area contributed by atoms with E-state index in [0.29, 0.717) is 27.6 Å². The number of ketones is 1. The first-order chi connectivity index (χ1) is 11.3. The van der Waals surface area contributed by atoms with Gasteiger partial charge in [0.05, 0.1) is 16.2 Å². The van der Waals surface area contributed by atoms with Crippen molar-refractivity contribution in [3.8, 4) is 11.8 Å². The van der Waals surface area contributed by atoms with Crippen molar-refractivity contribution >= 4 is 32.6 Å². The van der Waals surface area contributed by atoms with E-state index < -0.39 is 19.0 Å². The zero-order chi connectivity index (χ0) is 17.9. The molecule has 0 aliphatic rings. The SMILES string of the molecule is CN(C)CC(C#N)C(=O)c1cc2cc(OCC(F)F)c(Br)cc2[nH]1. The Bertz CT molecular complexity index is 783. The molecule has 1 aromatic heterocycles. The molecule has 1 unspecified atom stereocenters. The van der Waals surface area contributed by atoms with Gasteiger partial charge >= 0.3 is 0 Å². The number of carbonyl (C=O) groups is 1. The Morgan fingerprint density at radius 3 is 2.71 bits per heavy atom. The highest BCUT2D eigenvalue weighted by molar-refractivity contribution is 9.10. The molecule has 2 rings (SSSR count). The van der Waals surface area contributed by atoms with Gasteiger partial charge in [-0.05, 0) is 48.2 Å². The van der Waals surface area contributed by atoms with Gasteiger partial charge in [-0.25, -0.2) is 8.78 Å². The molecule has 0 radical (unpaired) electrons. The lowest BCUT2D eigenvalue weighted by molar-refractivity contribution is 0.0816. The van der Waals surface area contributed by atoms with Crippen LogP contribution in [0.3, 0.4) is 0 Å². The van der Waals surface area contributed by atoms with Gasteiger partial charge in [-0.1, -0.05) is 0 Å². The van der Waals surface area contributed by atoms with Gasteiger partial charge in [0.15, 0.2) is 5.78 Å². The molecule has 1 N–H and O–H groups in total. The molecule has 0 aliphatic carbocycles. The van der Waals surface area contributed by atoms with E-state index in [1.54, 1.807) is 37.2 Å². The maximum Gasteiger partial charge on any atom is 0.272 e. The molecular weight excluding hydrogens is 384 g/mol. The maximum absolute atomic E-state index is 12.4. The lowest BCUT2D eigenvalue weighted by atomic mass is 10.0. The first-order valence-electron chi connectivity index (χ1n) is 7.13. The van der Waals surface area contributed by atoms with Crippen molar-refractivity contribution in [3.05, 3.63) is 28.4 Å². The van der Waals surface area contributed by atoms with E-state index in [1.807, 2.05) is 6.07 Å². The number of halogens is 3. The van der Waals surface area contributed by atoms with Crippen LogP contribution in [0.15, 0.2) is 22.7 Å². The van der Waals surface area contributed by atoms with Gasteiger partial charge in [-0.15, -0.1) is 0 Å². The minimum absolute atomic E-state index is 0.269. The average molecular weight is 400 g/mol. The Kier molecular flexibility index (Phi) is 5.91. The number of nitrogens with zero attached hydrogens (tertiary/aromatic N) is 2. The molecule has 24 heavy (non-hydrogen) atoms. The van der Waals surface area contributed by atoms with Crippen molar-refractivity contribution in [2.75, 3.05) is 27.2 Å². The Morgan fingerprint density at radius 2 is 2.12 bits per heavy atom. The molecule has 1 atom stereocenters. The molecule has 1 heterocycles. The van der Waals surface area contributed by atoms with Gasteiger partial charge < -0.3 is 14.6 Å². The Labute approximate surface area is 146 Å². The Hall–Kier alpha value is -1.98. The number of nitrogens with one attached hydrogen (secondary N) is 1. The predicted octanol–water partition coefficient (Wildman–Crippen LogP) is 3.46. The lowest BCUT2D eigenvalue weighted by Gasteiger charge is -2.12. The normalized spacial score (nSPS) is 12.6. The summed E-state index contributed by atoms with van der Waals surface area (Å²) in [5, 5.41) is 9.83. The van der Waals surface area contributed by atoms with Crippen molar-refractivity contribution in [3.63, 3.8) is 0 Å². The summed E-state index contributed by atoms with van der Waals surface area (Å²) in [4.78, 5) is 17.2. The summed E-state index contributed by atoms with van der Waals surface area (Å²) in [7, 11) is 3.57. The first kappa shape index (κ1) is 18.4. The number of rotatable bonds is 7. The number of ether oxygens (including phenoxy) is 1. The molecule has 1 aromatic carbocycles. The number of aromatic amines is 1. The van der Waals surface area contributed by atoms with Gasteiger partial charge in [0.25, 0.3) is 6.43 Å². The van der Waals surface area contributed by atoms with Crippen molar-refractivity contribution in [1.82, 2.24) is 9.88 Å². The van der Waals surface area contributed by atoms with Crippen molar-refractivity contribution in [2.45, 2.75) is 6.43 Å². The summed E-state index contributed by atoms with van der Waals surface area (Å²) in [6, 6.07) is 6.82. The van der Waals surface area contributed by atoms with Crippen LogP contribution in [0.1, 0.15) is 10.5 Å². The lowest BCUT2D eigenvalue weighted by Crippen LogP contribution is -2.27. The summed E-state index contributed by atoms with van der Waals surface area (Å²) in [6.07, 6.45) is -2.57. The molecule has 0 bridgehead atoms. The standard InChI is InChI=1S/C16H16BrF2N3O2/c1-22(2)7-10(6-20)16(23)13-3-9-4-14(24-8-15(18)19)11(17)5-12(9)21-13/h3-5,10,15,21H,7-8H2,1-2H3. The molecule has 0 spiro atoms. The summed E-state index contributed by atoms with van der Waals surface area (Å²) >= 11 is 3.26. The van der Waals surface area contributed by atoms with Gasteiger partial charge in [-0.3, -0.25) is 4.79 Å². The Balaban J connectivity index is 2.30. The van der Waals surface area contributed by atoms with E-state index in [1.165, 1.54) is 0 Å². The predicted molar refractivity (Wildman–Crippen MR) is 89.5 cm³/mol.